The molecule has 1 aliphatic carbocycles. The minimum atomic E-state index is -0.223. The quantitative estimate of drug-likeness (QED) is 0.529. The lowest BCUT2D eigenvalue weighted by atomic mass is 9.96. The topological polar surface area (TPSA) is 89.4 Å². The number of rotatable bonds is 6. The lowest BCUT2D eigenvalue weighted by Crippen LogP contribution is -2.28. The smallest absolute Gasteiger partial charge is 0.253 e. The summed E-state index contributed by atoms with van der Waals surface area (Å²) in [5.74, 6) is 0.896. The standard InChI is InChI=1S/C20H22N6O2S2/c27-19(13-30-20-21-23-24-25(20)14-6-2-1-3-7-14)26-16(17-8-4-10-28-17)12-15(22-26)18-9-5-11-29-18/h4-5,8-11,14,16H,1-3,6-7,12-13H2/t16-/m1/s1. The molecule has 1 amide bonds. The first-order valence-electron chi connectivity index (χ1n) is 10.2. The van der Waals surface area contributed by atoms with Gasteiger partial charge in [0.05, 0.1) is 28.6 Å². The predicted molar refractivity (Wildman–Crippen MR) is 114 cm³/mol. The number of tetrazole rings is 1. The van der Waals surface area contributed by atoms with Gasteiger partial charge in [-0.2, -0.15) is 5.10 Å². The molecule has 0 aromatic carbocycles. The molecule has 0 spiro atoms. The number of aromatic nitrogens is 4. The minimum Gasteiger partial charge on any atom is -0.467 e. The Morgan fingerprint density at radius 1 is 1.23 bits per heavy atom. The van der Waals surface area contributed by atoms with Crippen LogP contribution in [0.1, 0.15) is 61.2 Å². The lowest BCUT2D eigenvalue weighted by molar-refractivity contribution is -0.130. The molecule has 1 atom stereocenters. The Morgan fingerprint density at radius 3 is 2.90 bits per heavy atom. The van der Waals surface area contributed by atoms with E-state index in [1.165, 1.54) is 31.0 Å². The molecule has 0 saturated heterocycles. The van der Waals surface area contributed by atoms with E-state index in [0.29, 0.717) is 17.6 Å². The van der Waals surface area contributed by atoms with Crippen molar-refractivity contribution in [3.8, 4) is 0 Å². The third-order valence-corrected chi connectivity index (χ3v) is 7.39. The summed E-state index contributed by atoms with van der Waals surface area (Å²) in [6.45, 7) is 0. The summed E-state index contributed by atoms with van der Waals surface area (Å²) in [7, 11) is 0. The van der Waals surface area contributed by atoms with Crippen molar-refractivity contribution in [3.05, 3.63) is 46.5 Å². The van der Waals surface area contributed by atoms with E-state index in [4.69, 9.17) is 4.42 Å². The van der Waals surface area contributed by atoms with E-state index in [-0.39, 0.29) is 17.7 Å². The molecule has 1 aliphatic heterocycles. The zero-order valence-electron chi connectivity index (χ0n) is 16.4. The molecule has 30 heavy (non-hydrogen) atoms. The second kappa shape index (κ2) is 8.73. The molecule has 5 rings (SSSR count). The van der Waals surface area contributed by atoms with Gasteiger partial charge in [0.15, 0.2) is 0 Å². The van der Waals surface area contributed by atoms with Gasteiger partial charge in [0.1, 0.15) is 11.8 Å². The fraction of sp³-hybridized carbons (Fsp3) is 0.450. The summed E-state index contributed by atoms with van der Waals surface area (Å²) < 4.78 is 7.50. The van der Waals surface area contributed by atoms with Gasteiger partial charge < -0.3 is 4.42 Å². The van der Waals surface area contributed by atoms with Crippen LogP contribution in [0.2, 0.25) is 0 Å². The third kappa shape index (κ3) is 3.93. The van der Waals surface area contributed by atoms with Crippen molar-refractivity contribution in [1.29, 1.82) is 0 Å². The fourth-order valence-electron chi connectivity index (χ4n) is 4.06. The molecule has 3 aromatic heterocycles. The molecule has 10 heteroatoms. The van der Waals surface area contributed by atoms with E-state index < -0.39 is 0 Å². The number of carbonyl (C=O) groups excluding carboxylic acids is 1. The maximum Gasteiger partial charge on any atom is 0.253 e. The van der Waals surface area contributed by atoms with Crippen molar-refractivity contribution in [1.82, 2.24) is 25.2 Å². The van der Waals surface area contributed by atoms with Crippen LogP contribution in [-0.2, 0) is 4.79 Å². The summed E-state index contributed by atoms with van der Waals surface area (Å²) in [4.78, 5) is 14.2. The Bertz CT molecular complexity index is 1010. The summed E-state index contributed by atoms with van der Waals surface area (Å²) in [5, 5.41) is 21.1. The molecular formula is C20H22N6O2S2. The van der Waals surface area contributed by atoms with E-state index in [1.54, 1.807) is 22.6 Å². The Labute approximate surface area is 182 Å². The number of hydrazone groups is 1. The van der Waals surface area contributed by atoms with Crippen LogP contribution in [0, 0.1) is 0 Å². The van der Waals surface area contributed by atoms with Gasteiger partial charge in [-0.3, -0.25) is 4.79 Å². The number of carbonyl (C=O) groups is 1. The molecule has 3 aromatic rings. The van der Waals surface area contributed by atoms with Crippen molar-refractivity contribution < 1.29 is 9.21 Å². The second-order valence-corrected chi connectivity index (χ2v) is 9.37. The van der Waals surface area contributed by atoms with Gasteiger partial charge >= 0.3 is 0 Å². The number of thiophene rings is 1. The molecule has 0 bridgehead atoms. The molecule has 4 heterocycles. The highest BCUT2D eigenvalue weighted by molar-refractivity contribution is 7.99. The van der Waals surface area contributed by atoms with Crippen LogP contribution in [0.4, 0.5) is 0 Å². The largest absolute Gasteiger partial charge is 0.467 e. The highest BCUT2D eigenvalue weighted by Crippen LogP contribution is 2.35. The summed E-state index contributed by atoms with van der Waals surface area (Å²) in [6, 6.07) is 7.87. The van der Waals surface area contributed by atoms with Crippen LogP contribution >= 0.6 is 23.1 Å². The van der Waals surface area contributed by atoms with E-state index in [2.05, 4.69) is 20.6 Å². The van der Waals surface area contributed by atoms with Crippen LogP contribution in [0.3, 0.4) is 0 Å². The van der Waals surface area contributed by atoms with Gasteiger partial charge in [0, 0.05) is 6.42 Å². The average molecular weight is 443 g/mol. The van der Waals surface area contributed by atoms with E-state index in [1.807, 2.05) is 34.3 Å². The van der Waals surface area contributed by atoms with Gasteiger partial charge in [-0.15, -0.1) is 16.4 Å². The van der Waals surface area contributed by atoms with Gasteiger partial charge in [0.25, 0.3) is 5.91 Å². The van der Waals surface area contributed by atoms with Crippen LogP contribution in [0.25, 0.3) is 0 Å². The fourth-order valence-corrected chi connectivity index (χ4v) is 5.58. The summed E-state index contributed by atoms with van der Waals surface area (Å²) in [6.07, 6.45) is 8.13. The first kappa shape index (κ1) is 19.5. The second-order valence-electron chi connectivity index (χ2n) is 7.48. The first-order chi connectivity index (χ1) is 14.8. The highest BCUT2D eigenvalue weighted by Gasteiger charge is 2.35. The Morgan fingerprint density at radius 2 is 2.13 bits per heavy atom. The van der Waals surface area contributed by atoms with E-state index >= 15 is 0 Å². The molecule has 0 radical (unpaired) electrons. The van der Waals surface area contributed by atoms with Gasteiger partial charge in [0.2, 0.25) is 5.16 Å². The number of nitrogens with zero attached hydrogens (tertiary/aromatic N) is 6. The molecule has 1 fully saturated rings. The number of furan rings is 1. The predicted octanol–water partition coefficient (Wildman–Crippen LogP) is 4.30. The van der Waals surface area contributed by atoms with Gasteiger partial charge in [-0.25, -0.2) is 9.69 Å². The van der Waals surface area contributed by atoms with Crippen molar-refractivity contribution in [2.75, 3.05) is 5.75 Å². The van der Waals surface area contributed by atoms with Crippen molar-refractivity contribution >= 4 is 34.7 Å². The van der Waals surface area contributed by atoms with Gasteiger partial charge in [-0.1, -0.05) is 37.1 Å². The van der Waals surface area contributed by atoms with Crippen LogP contribution in [0.15, 0.2) is 50.6 Å². The van der Waals surface area contributed by atoms with E-state index in [0.717, 1.165) is 29.2 Å². The zero-order valence-corrected chi connectivity index (χ0v) is 18.0. The van der Waals surface area contributed by atoms with Crippen molar-refractivity contribution in [2.24, 2.45) is 5.10 Å². The average Bonchev–Trinajstić information content (AvgIpc) is 3.57. The Hall–Kier alpha value is -2.46. The monoisotopic (exact) mass is 442 g/mol. The first-order valence-corrected chi connectivity index (χ1v) is 12.0. The SMILES string of the molecule is O=C(CSc1nnnn1C1CCCCC1)N1N=C(c2cccs2)C[C@@H]1c1ccco1. The minimum absolute atomic E-state index is 0.0776. The highest BCUT2D eigenvalue weighted by atomic mass is 32.2. The van der Waals surface area contributed by atoms with Crippen LogP contribution in [-0.4, -0.2) is 42.6 Å². The van der Waals surface area contributed by atoms with E-state index in [9.17, 15) is 4.79 Å². The van der Waals surface area contributed by atoms with Gasteiger partial charge in [-0.05, 0) is 46.8 Å². The maximum atomic E-state index is 13.1. The van der Waals surface area contributed by atoms with Crippen molar-refractivity contribution in [3.63, 3.8) is 0 Å². The molecule has 2 aliphatic rings. The molecule has 0 unspecified atom stereocenters. The normalized spacial score (nSPS) is 19.9. The lowest BCUT2D eigenvalue weighted by Gasteiger charge is -2.22. The summed E-state index contributed by atoms with van der Waals surface area (Å²) in [5.41, 5.74) is 0.914. The Balaban J connectivity index is 1.31. The molecule has 8 nitrogen and oxygen atoms in total. The van der Waals surface area contributed by atoms with Crippen molar-refractivity contribution in [2.45, 2.75) is 55.8 Å². The third-order valence-electron chi connectivity index (χ3n) is 5.55. The van der Waals surface area contributed by atoms with Crippen LogP contribution in [0.5, 0.6) is 0 Å². The molecule has 1 saturated carbocycles. The molecular weight excluding hydrogens is 420 g/mol. The summed E-state index contributed by atoms with van der Waals surface area (Å²) >= 11 is 3.01. The van der Waals surface area contributed by atoms with Crippen LogP contribution < -0.4 is 0 Å². The number of hydrogen-bond acceptors (Lipinski definition) is 8. The maximum absolute atomic E-state index is 13.1. The zero-order chi connectivity index (χ0) is 20.3. The number of thioether (sulfide) groups is 1. The Kier molecular flexibility index (Phi) is 5.67. The molecule has 156 valence electrons. The molecule has 0 N–H and O–H groups in total. The number of amides is 1. The number of hydrogen-bond donors (Lipinski definition) is 0.